The summed E-state index contributed by atoms with van der Waals surface area (Å²) in [7, 11) is 0. The molecule has 1 fully saturated rings. The van der Waals surface area contributed by atoms with Gasteiger partial charge in [0.1, 0.15) is 0 Å². The first-order chi connectivity index (χ1) is 15.2. The van der Waals surface area contributed by atoms with Crippen molar-refractivity contribution >= 4 is 45.7 Å². The maximum Gasteiger partial charge on any atom is 0.192 e. The molecule has 158 valence electrons. The van der Waals surface area contributed by atoms with Gasteiger partial charge < -0.3 is 0 Å². The Morgan fingerprint density at radius 1 is 0.903 bits per heavy atom. The molecule has 0 N–H and O–H groups in total. The van der Waals surface area contributed by atoms with Crippen molar-refractivity contribution in [2.45, 2.75) is 49.1 Å². The molecule has 1 aromatic heterocycles. The molecule has 3 nitrogen and oxygen atoms in total. The minimum Gasteiger partial charge on any atom is -0.299 e. The quantitative estimate of drug-likeness (QED) is 0.277. The van der Waals surface area contributed by atoms with E-state index < -0.39 is 0 Å². The van der Waals surface area contributed by atoms with Crippen molar-refractivity contribution in [1.82, 2.24) is 14.8 Å². The predicted octanol–water partition coefficient (Wildman–Crippen LogP) is 8.20. The minimum absolute atomic E-state index is 0.403. The molecule has 0 bridgehead atoms. The van der Waals surface area contributed by atoms with Crippen LogP contribution in [0.15, 0.2) is 65.8 Å². The highest BCUT2D eigenvalue weighted by molar-refractivity contribution is 7.98. The Kier molecular flexibility index (Phi) is 6.22. The second kappa shape index (κ2) is 9.23. The number of nitrogens with zero attached hydrogens (tertiary/aromatic N) is 3. The standard InChI is InChI=1S/C25H23Cl2N3S/c26-19-13-14-22(23(27)15-19)24-28-29-25(30(24)20-10-2-1-3-11-20)31-16-18-9-6-8-17-7-4-5-12-21(17)18/h4-9,12-15,20H,1-3,10-11,16H2. The SMILES string of the molecule is Clc1ccc(-c2nnc(SCc3cccc4ccccc34)n2C2CCCCC2)c(Cl)c1. The van der Waals surface area contributed by atoms with Gasteiger partial charge in [-0.3, -0.25) is 4.57 Å². The monoisotopic (exact) mass is 467 g/mol. The number of fused-ring (bicyclic) bond motifs is 1. The normalized spacial score (nSPS) is 14.9. The number of hydrogen-bond donors (Lipinski definition) is 0. The van der Waals surface area contributed by atoms with Crippen molar-refractivity contribution in [1.29, 1.82) is 0 Å². The van der Waals surface area contributed by atoms with Gasteiger partial charge in [-0.2, -0.15) is 0 Å². The molecular weight excluding hydrogens is 445 g/mol. The fourth-order valence-electron chi connectivity index (χ4n) is 4.46. The first-order valence-corrected chi connectivity index (χ1v) is 12.4. The Bertz CT molecular complexity index is 1210. The van der Waals surface area contributed by atoms with Crippen molar-refractivity contribution in [2.24, 2.45) is 0 Å². The van der Waals surface area contributed by atoms with E-state index in [-0.39, 0.29) is 0 Å². The summed E-state index contributed by atoms with van der Waals surface area (Å²) in [5, 5.41) is 14.0. The molecule has 0 radical (unpaired) electrons. The van der Waals surface area contributed by atoms with Crippen molar-refractivity contribution in [3.63, 3.8) is 0 Å². The molecule has 1 aliphatic rings. The zero-order chi connectivity index (χ0) is 21.2. The Morgan fingerprint density at radius 2 is 1.71 bits per heavy atom. The molecule has 6 heteroatoms. The van der Waals surface area contributed by atoms with Crippen molar-refractivity contribution < 1.29 is 0 Å². The van der Waals surface area contributed by atoms with E-state index in [1.165, 1.54) is 35.6 Å². The van der Waals surface area contributed by atoms with Crippen LogP contribution >= 0.6 is 35.0 Å². The summed E-state index contributed by atoms with van der Waals surface area (Å²) in [4.78, 5) is 0. The van der Waals surface area contributed by atoms with Crippen LogP contribution in [0, 0.1) is 0 Å². The van der Waals surface area contributed by atoms with E-state index in [1.54, 1.807) is 17.8 Å². The van der Waals surface area contributed by atoms with Crippen LogP contribution in [0.2, 0.25) is 10.0 Å². The predicted molar refractivity (Wildman–Crippen MR) is 131 cm³/mol. The van der Waals surface area contributed by atoms with Crippen LogP contribution in [0.4, 0.5) is 0 Å². The molecule has 0 aliphatic heterocycles. The number of aromatic nitrogens is 3. The molecule has 0 saturated heterocycles. The molecule has 0 amide bonds. The molecule has 5 rings (SSSR count). The van der Waals surface area contributed by atoms with E-state index in [1.807, 2.05) is 12.1 Å². The minimum atomic E-state index is 0.403. The number of rotatable bonds is 5. The van der Waals surface area contributed by atoms with Crippen LogP contribution in [0.5, 0.6) is 0 Å². The third kappa shape index (κ3) is 4.34. The smallest absolute Gasteiger partial charge is 0.192 e. The third-order valence-electron chi connectivity index (χ3n) is 6.01. The molecule has 0 spiro atoms. The topological polar surface area (TPSA) is 30.7 Å². The van der Waals surface area contributed by atoms with Gasteiger partial charge in [-0.15, -0.1) is 10.2 Å². The van der Waals surface area contributed by atoms with Crippen molar-refractivity contribution in [2.75, 3.05) is 0 Å². The zero-order valence-electron chi connectivity index (χ0n) is 17.1. The summed E-state index contributed by atoms with van der Waals surface area (Å²) in [5.74, 6) is 1.69. The lowest BCUT2D eigenvalue weighted by molar-refractivity contribution is 0.339. The lowest BCUT2D eigenvalue weighted by atomic mass is 9.95. The zero-order valence-corrected chi connectivity index (χ0v) is 19.4. The Balaban J connectivity index is 1.51. The average Bonchev–Trinajstić information content (AvgIpc) is 3.22. The van der Waals surface area contributed by atoms with Gasteiger partial charge >= 0.3 is 0 Å². The summed E-state index contributed by atoms with van der Waals surface area (Å²) in [6.45, 7) is 0. The summed E-state index contributed by atoms with van der Waals surface area (Å²) < 4.78 is 2.32. The summed E-state index contributed by atoms with van der Waals surface area (Å²) in [6.07, 6.45) is 6.08. The van der Waals surface area contributed by atoms with Crippen molar-refractivity contribution in [3.05, 3.63) is 76.3 Å². The molecule has 0 atom stereocenters. The van der Waals surface area contributed by atoms with E-state index in [4.69, 9.17) is 23.2 Å². The third-order valence-corrected chi connectivity index (χ3v) is 7.55. The van der Waals surface area contributed by atoms with Gasteiger partial charge in [0.25, 0.3) is 0 Å². The first kappa shape index (κ1) is 20.9. The highest BCUT2D eigenvalue weighted by Gasteiger charge is 2.25. The van der Waals surface area contributed by atoms with Gasteiger partial charge in [0.2, 0.25) is 0 Å². The first-order valence-electron chi connectivity index (χ1n) is 10.7. The second-order valence-corrected chi connectivity index (χ2v) is 9.81. The number of benzene rings is 3. The Morgan fingerprint density at radius 3 is 2.55 bits per heavy atom. The van der Waals surface area contributed by atoms with Gasteiger partial charge in [-0.25, -0.2) is 0 Å². The Labute approximate surface area is 196 Å². The molecule has 0 unspecified atom stereocenters. The van der Waals surface area contributed by atoms with Crippen LogP contribution < -0.4 is 0 Å². The molecule has 31 heavy (non-hydrogen) atoms. The van der Waals surface area contributed by atoms with E-state index >= 15 is 0 Å². The van der Waals surface area contributed by atoms with E-state index in [0.717, 1.165) is 35.1 Å². The van der Waals surface area contributed by atoms with Gasteiger partial charge in [0.05, 0.1) is 5.02 Å². The average molecular weight is 468 g/mol. The second-order valence-electron chi connectivity index (χ2n) is 8.02. The highest BCUT2D eigenvalue weighted by Crippen LogP contribution is 2.39. The van der Waals surface area contributed by atoms with Crippen LogP contribution in [-0.4, -0.2) is 14.8 Å². The van der Waals surface area contributed by atoms with E-state index in [9.17, 15) is 0 Å². The van der Waals surface area contributed by atoms with Gasteiger partial charge in [0, 0.05) is 22.4 Å². The van der Waals surface area contributed by atoms with Crippen molar-refractivity contribution in [3.8, 4) is 11.4 Å². The van der Waals surface area contributed by atoms with E-state index in [2.05, 4.69) is 57.2 Å². The largest absolute Gasteiger partial charge is 0.299 e. The fourth-order valence-corrected chi connectivity index (χ4v) is 5.96. The highest BCUT2D eigenvalue weighted by atomic mass is 35.5. The van der Waals surface area contributed by atoms with Gasteiger partial charge in [-0.1, -0.05) is 96.7 Å². The van der Waals surface area contributed by atoms with Crippen LogP contribution in [0.1, 0.15) is 43.7 Å². The number of thioether (sulfide) groups is 1. The summed E-state index contributed by atoms with van der Waals surface area (Å²) in [6, 6.07) is 21.0. The molecule has 4 aromatic rings. The lowest BCUT2D eigenvalue weighted by Gasteiger charge is -2.26. The maximum atomic E-state index is 6.55. The van der Waals surface area contributed by atoms with Gasteiger partial charge in [-0.05, 0) is 47.4 Å². The molecule has 3 aromatic carbocycles. The Hall–Kier alpha value is -2.01. The molecule has 1 heterocycles. The molecule has 1 saturated carbocycles. The maximum absolute atomic E-state index is 6.55. The molecular formula is C25H23Cl2N3S. The van der Waals surface area contributed by atoms with Crippen LogP contribution in [0.25, 0.3) is 22.2 Å². The number of halogens is 2. The molecule has 1 aliphatic carbocycles. The van der Waals surface area contributed by atoms with Crippen LogP contribution in [-0.2, 0) is 5.75 Å². The lowest BCUT2D eigenvalue weighted by Crippen LogP contribution is -2.15. The summed E-state index contributed by atoms with van der Waals surface area (Å²) >= 11 is 14.4. The van der Waals surface area contributed by atoms with E-state index in [0.29, 0.717) is 16.1 Å². The number of hydrogen-bond acceptors (Lipinski definition) is 3. The van der Waals surface area contributed by atoms with Crippen LogP contribution in [0.3, 0.4) is 0 Å². The summed E-state index contributed by atoms with van der Waals surface area (Å²) in [5.41, 5.74) is 2.20. The fraction of sp³-hybridized carbons (Fsp3) is 0.280. The van der Waals surface area contributed by atoms with Gasteiger partial charge in [0.15, 0.2) is 11.0 Å².